The number of thiazole rings is 1. The van der Waals surface area contributed by atoms with Crippen molar-refractivity contribution in [3.8, 4) is 0 Å². The van der Waals surface area contributed by atoms with E-state index in [0.29, 0.717) is 10.7 Å². The van der Waals surface area contributed by atoms with E-state index in [2.05, 4.69) is 10.3 Å². The number of likely N-dealkylation sites (tertiary alicyclic amines) is 1. The van der Waals surface area contributed by atoms with Crippen LogP contribution >= 0.6 is 11.3 Å². The van der Waals surface area contributed by atoms with E-state index >= 15 is 0 Å². The smallest absolute Gasteiger partial charge is 0.307 e. The van der Waals surface area contributed by atoms with E-state index in [0.717, 1.165) is 36.9 Å². The molecule has 0 radical (unpaired) electrons. The van der Waals surface area contributed by atoms with Crippen LogP contribution in [0.3, 0.4) is 0 Å². The lowest BCUT2D eigenvalue weighted by Crippen LogP contribution is -2.33. The molecule has 2 fully saturated rings. The third-order valence-electron chi connectivity index (χ3n) is 6.18. The minimum atomic E-state index is -0.489. The molecule has 1 aliphatic carbocycles. The summed E-state index contributed by atoms with van der Waals surface area (Å²) in [4.78, 5) is 55.0. The molecule has 1 saturated carbocycles. The number of imide groups is 1. The van der Waals surface area contributed by atoms with Crippen LogP contribution in [0, 0.1) is 18.8 Å². The minimum absolute atomic E-state index is 0.0120. The molecule has 2 heterocycles. The van der Waals surface area contributed by atoms with Crippen molar-refractivity contribution in [3.63, 3.8) is 0 Å². The highest BCUT2D eigenvalue weighted by molar-refractivity contribution is 7.09. The maximum absolute atomic E-state index is 12.5. The van der Waals surface area contributed by atoms with Crippen LogP contribution < -0.4 is 5.32 Å². The van der Waals surface area contributed by atoms with E-state index in [9.17, 15) is 19.2 Å². The highest BCUT2D eigenvalue weighted by Gasteiger charge is 2.47. The molecule has 1 aliphatic heterocycles. The second-order valence-electron chi connectivity index (χ2n) is 8.51. The molecular weight excluding hydrogens is 442 g/mol. The van der Waals surface area contributed by atoms with Crippen molar-refractivity contribution in [2.75, 3.05) is 11.9 Å². The fourth-order valence-electron chi connectivity index (χ4n) is 4.42. The summed E-state index contributed by atoms with van der Waals surface area (Å²) in [7, 11) is 0. The van der Waals surface area contributed by atoms with Gasteiger partial charge in [0.25, 0.3) is 0 Å². The molecule has 0 bridgehead atoms. The Morgan fingerprint density at radius 1 is 1.15 bits per heavy atom. The fraction of sp³-hybridized carbons (Fsp3) is 0.458. The van der Waals surface area contributed by atoms with Crippen molar-refractivity contribution in [2.24, 2.45) is 11.8 Å². The highest BCUT2D eigenvalue weighted by atomic mass is 32.1. The summed E-state index contributed by atoms with van der Waals surface area (Å²) in [5.41, 5.74) is 2.31. The number of nitrogens with zero attached hydrogens (tertiary/aromatic N) is 2. The van der Waals surface area contributed by atoms with E-state index in [1.807, 2.05) is 31.2 Å². The molecule has 9 heteroatoms. The van der Waals surface area contributed by atoms with Crippen LogP contribution in [0.4, 0.5) is 5.69 Å². The summed E-state index contributed by atoms with van der Waals surface area (Å²) >= 11 is 1.33. The zero-order chi connectivity index (χ0) is 23.4. The van der Waals surface area contributed by atoms with Crippen LogP contribution in [0.1, 0.15) is 48.4 Å². The number of amides is 3. The standard InChI is InChI=1S/C24H27N3O5S/c1-15-6-2-5-9-19(15)26-20(28)12-21-25-16(14-33-21)13-32-22(29)10-11-27-23(30)17-7-3-4-8-18(17)24(27)31/h2,5-6,9,14,17-18H,3-4,7-8,10-13H2,1H3,(H,26,28). The Bertz CT molecular complexity index is 1040. The van der Waals surface area contributed by atoms with Crippen LogP contribution in [0.15, 0.2) is 29.6 Å². The molecule has 0 spiro atoms. The van der Waals surface area contributed by atoms with Crippen LogP contribution in [0.5, 0.6) is 0 Å². The number of carbonyl (C=O) groups is 4. The summed E-state index contributed by atoms with van der Waals surface area (Å²) in [5.74, 6) is -1.37. The highest BCUT2D eigenvalue weighted by Crippen LogP contribution is 2.38. The van der Waals surface area contributed by atoms with Crippen molar-refractivity contribution in [2.45, 2.75) is 52.1 Å². The number of carbonyl (C=O) groups excluding carboxylic acids is 4. The molecule has 4 rings (SSSR count). The van der Waals surface area contributed by atoms with E-state index in [1.165, 1.54) is 16.2 Å². The van der Waals surface area contributed by atoms with Gasteiger partial charge < -0.3 is 10.1 Å². The number of benzene rings is 1. The third kappa shape index (κ3) is 5.47. The lowest BCUT2D eigenvalue weighted by molar-refractivity contribution is -0.147. The Balaban J connectivity index is 1.21. The first-order valence-corrected chi connectivity index (χ1v) is 12.1. The first kappa shape index (κ1) is 23.1. The summed E-state index contributed by atoms with van der Waals surface area (Å²) in [6.45, 7) is 1.97. The molecule has 1 saturated heterocycles. The van der Waals surface area contributed by atoms with Crippen LogP contribution in [-0.2, 0) is 36.9 Å². The lowest BCUT2D eigenvalue weighted by Gasteiger charge is -2.19. The Labute approximate surface area is 196 Å². The number of esters is 1. The van der Waals surface area contributed by atoms with Gasteiger partial charge in [0.1, 0.15) is 11.6 Å². The van der Waals surface area contributed by atoms with Crippen LogP contribution in [-0.4, -0.2) is 40.1 Å². The van der Waals surface area contributed by atoms with Gasteiger partial charge in [0.15, 0.2) is 0 Å². The number of para-hydroxylation sites is 1. The Hall–Kier alpha value is -3.07. The molecule has 2 atom stereocenters. The average molecular weight is 470 g/mol. The number of aryl methyl sites for hydroxylation is 1. The number of aromatic nitrogens is 1. The Morgan fingerprint density at radius 2 is 1.85 bits per heavy atom. The molecule has 8 nitrogen and oxygen atoms in total. The maximum Gasteiger partial charge on any atom is 0.307 e. The summed E-state index contributed by atoms with van der Waals surface area (Å²) in [5, 5.41) is 5.25. The van der Waals surface area contributed by atoms with Crippen molar-refractivity contribution < 1.29 is 23.9 Å². The normalized spacial score (nSPS) is 20.0. The van der Waals surface area contributed by atoms with Crippen molar-refractivity contribution in [1.29, 1.82) is 0 Å². The maximum atomic E-state index is 12.5. The molecule has 1 N–H and O–H groups in total. The molecule has 2 aromatic rings. The first-order valence-electron chi connectivity index (χ1n) is 11.2. The molecule has 1 aromatic heterocycles. The molecular formula is C24H27N3O5S. The van der Waals surface area contributed by atoms with Crippen LogP contribution in [0.25, 0.3) is 0 Å². The number of nitrogens with one attached hydrogen (secondary N) is 1. The molecule has 1 aromatic carbocycles. The SMILES string of the molecule is Cc1ccccc1NC(=O)Cc1nc(COC(=O)CCN2C(=O)C3CCCCC3C2=O)cs1. The first-order chi connectivity index (χ1) is 15.9. The summed E-state index contributed by atoms with van der Waals surface area (Å²) in [6, 6.07) is 7.54. The Kier molecular flexibility index (Phi) is 7.17. The molecule has 2 aliphatic rings. The van der Waals surface area contributed by atoms with Crippen molar-refractivity contribution >= 4 is 40.7 Å². The van der Waals surface area contributed by atoms with Gasteiger partial charge >= 0.3 is 5.97 Å². The van der Waals surface area contributed by atoms with Gasteiger partial charge in [-0.05, 0) is 31.4 Å². The largest absolute Gasteiger partial charge is 0.459 e. The van der Waals surface area contributed by atoms with Gasteiger partial charge in [-0.15, -0.1) is 11.3 Å². The molecule has 3 amide bonds. The lowest BCUT2D eigenvalue weighted by atomic mass is 9.81. The number of rotatable bonds is 8. The monoisotopic (exact) mass is 469 g/mol. The van der Waals surface area contributed by atoms with Gasteiger partial charge in [-0.3, -0.25) is 24.1 Å². The molecule has 2 unspecified atom stereocenters. The van der Waals surface area contributed by atoms with Gasteiger partial charge in [0.05, 0.1) is 30.4 Å². The van der Waals surface area contributed by atoms with E-state index in [-0.39, 0.29) is 55.6 Å². The summed E-state index contributed by atoms with van der Waals surface area (Å²) < 4.78 is 5.26. The van der Waals surface area contributed by atoms with E-state index < -0.39 is 5.97 Å². The second-order valence-corrected chi connectivity index (χ2v) is 9.45. The van der Waals surface area contributed by atoms with Gasteiger partial charge in [-0.25, -0.2) is 4.98 Å². The number of hydrogen-bond donors (Lipinski definition) is 1. The predicted molar refractivity (Wildman–Crippen MR) is 122 cm³/mol. The number of fused-ring (bicyclic) bond motifs is 1. The van der Waals surface area contributed by atoms with Gasteiger partial charge in [-0.1, -0.05) is 31.0 Å². The number of anilines is 1. The topological polar surface area (TPSA) is 106 Å². The van der Waals surface area contributed by atoms with Crippen molar-refractivity contribution in [1.82, 2.24) is 9.88 Å². The zero-order valence-corrected chi connectivity index (χ0v) is 19.4. The quantitative estimate of drug-likeness (QED) is 0.470. The van der Waals surface area contributed by atoms with Crippen LogP contribution in [0.2, 0.25) is 0 Å². The molecule has 174 valence electrons. The van der Waals surface area contributed by atoms with E-state index in [1.54, 1.807) is 5.38 Å². The van der Waals surface area contributed by atoms with Gasteiger partial charge in [0, 0.05) is 17.6 Å². The number of ether oxygens (including phenoxy) is 1. The summed E-state index contributed by atoms with van der Waals surface area (Å²) in [6.07, 6.45) is 3.55. The van der Waals surface area contributed by atoms with Gasteiger partial charge in [0.2, 0.25) is 17.7 Å². The molecule has 33 heavy (non-hydrogen) atoms. The average Bonchev–Trinajstić information content (AvgIpc) is 3.35. The van der Waals surface area contributed by atoms with E-state index in [4.69, 9.17) is 4.74 Å². The predicted octanol–water partition coefficient (Wildman–Crippen LogP) is 3.24. The fourth-order valence-corrected chi connectivity index (χ4v) is 5.20. The Morgan fingerprint density at radius 3 is 2.55 bits per heavy atom. The third-order valence-corrected chi connectivity index (χ3v) is 7.08. The second kappa shape index (κ2) is 10.2. The zero-order valence-electron chi connectivity index (χ0n) is 18.5. The van der Waals surface area contributed by atoms with Gasteiger partial charge in [-0.2, -0.15) is 0 Å². The minimum Gasteiger partial charge on any atom is -0.459 e. The van der Waals surface area contributed by atoms with Crippen molar-refractivity contribution in [3.05, 3.63) is 45.9 Å². The number of hydrogen-bond acceptors (Lipinski definition) is 7.